The van der Waals surface area contributed by atoms with E-state index in [1.54, 1.807) is 19.3 Å². The monoisotopic (exact) mass is 421 g/mol. The number of nitrogens with one attached hydrogen (secondary N) is 4. The van der Waals surface area contributed by atoms with Crippen LogP contribution in [-0.2, 0) is 5.41 Å². The summed E-state index contributed by atoms with van der Waals surface area (Å²) in [4.78, 5) is 21.2. The van der Waals surface area contributed by atoms with Gasteiger partial charge in [0.2, 0.25) is 0 Å². The van der Waals surface area contributed by atoms with Crippen molar-refractivity contribution in [2.45, 2.75) is 39.2 Å². The second-order valence-electron chi connectivity index (χ2n) is 8.16. The highest BCUT2D eigenvalue weighted by Gasteiger charge is 2.22. The number of aromatic nitrogens is 3. The van der Waals surface area contributed by atoms with Gasteiger partial charge in [0.1, 0.15) is 17.3 Å². The van der Waals surface area contributed by atoms with Gasteiger partial charge in [-0.1, -0.05) is 38.1 Å². The smallest absolute Gasteiger partial charge is 0.277 e. The largest absolute Gasteiger partial charge is 0.371 e. The van der Waals surface area contributed by atoms with Gasteiger partial charge >= 0.3 is 0 Å². The van der Waals surface area contributed by atoms with E-state index >= 15 is 0 Å². The third-order valence-corrected chi connectivity index (χ3v) is 4.67. The summed E-state index contributed by atoms with van der Waals surface area (Å²) >= 11 is 0. The molecular formula is C22H27N7O2. The van der Waals surface area contributed by atoms with E-state index in [4.69, 9.17) is 9.93 Å². The summed E-state index contributed by atoms with van der Waals surface area (Å²) in [5.74, 6) is 1.42. The number of nitrogens with zero attached hydrogens (tertiary/aromatic N) is 3. The maximum atomic E-state index is 12.6. The van der Waals surface area contributed by atoms with Crippen LogP contribution in [0.1, 0.15) is 61.2 Å². The minimum Gasteiger partial charge on any atom is -0.371 e. The van der Waals surface area contributed by atoms with Crippen LogP contribution < -0.4 is 16.0 Å². The number of carbonyl (C=O) groups is 1. The molecule has 1 amide bonds. The van der Waals surface area contributed by atoms with Crippen molar-refractivity contribution in [1.82, 2.24) is 15.1 Å². The summed E-state index contributed by atoms with van der Waals surface area (Å²) in [6, 6.07) is 9.10. The molecule has 0 spiro atoms. The van der Waals surface area contributed by atoms with E-state index in [1.165, 1.54) is 0 Å². The molecule has 3 rings (SSSR count). The van der Waals surface area contributed by atoms with Crippen molar-refractivity contribution in [2.24, 2.45) is 0 Å². The van der Waals surface area contributed by atoms with Gasteiger partial charge in [0.25, 0.3) is 5.91 Å². The van der Waals surface area contributed by atoms with E-state index < -0.39 is 0 Å². The van der Waals surface area contributed by atoms with Crippen LogP contribution in [-0.4, -0.2) is 34.3 Å². The van der Waals surface area contributed by atoms with Gasteiger partial charge in [-0.05, 0) is 24.6 Å². The minimum absolute atomic E-state index is 0.0961. The predicted octanol–water partition coefficient (Wildman–Crippen LogP) is 4.23. The third-order valence-electron chi connectivity index (χ3n) is 4.67. The Morgan fingerprint density at radius 1 is 1.26 bits per heavy atom. The second kappa shape index (κ2) is 8.95. The fourth-order valence-corrected chi connectivity index (χ4v) is 2.88. The average Bonchev–Trinajstić information content (AvgIpc) is 3.25. The molecule has 0 saturated carbocycles. The zero-order chi connectivity index (χ0) is 22.6. The molecule has 0 fully saturated rings. The van der Waals surface area contributed by atoms with Crippen molar-refractivity contribution in [2.75, 3.05) is 23.0 Å². The average molecular weight is 422 g/mol. The molecule has 0 radical (unpaired) electrons. The number of anilines is 3. The van der Waals surface area contributed by atoms with Crippen LogP contribution >= 0.6 is 0 Å². The lowest BCUT2D eigenvalue weighted by atomic mass is 9.93. The maximum Gasteiger partial charge on any atom is 0.277 e. The zero-order valence-corrected chi connectivity index (χ0v) is 18.3. The molecule has 2 heterocycles. The van der Waals surface area contributed by atoms with Crippen LogP contribution in [0, 0.1) is 5.41 Å². The van der Waals surface area contributed by atoms with Gasteiger partial charge in [0.05, 0.1) is 12.2 Å². The Morgan fingerprint density at radius 2 is 2.03 bits per heavy atom. The quantitative estimate of drug-likeness (QED) is 0.420. The van der Waals surface area contributed by atoms with Gasteiger partial charge in [-0.2, -0.15) is 0 Å². The summed E-state index contributed by atoms with van der Waals surface area (Å²) < 4.78 is 5.30. The standard InChI is InChI=1S/C22H27N7O2/c1-13(26-19-12-25-17(11-23)20(24-5)28-19)14-7-6-8-15(9-14)27-21(30)16-10-18(31-29-16)22(2,3)4/h6-13,23H,1-5H3,(H,27,30)(H2,24,26,28)/t13-/m0/s1. The number of rotatable bonds is 7. The van der Waals surface area contributed by atoms with Crippen molar-refractivity contribution >= 4 is 29.4 Å². The summed E-state index contributed by atoms with van der Waals surface area (Å²) in [6.07, 6.45) is 2.73. The Hall–Kier alpha value is -3.75. The van der Waals surface area contributed by atoms with Crippen molar-refractivity contribution in [1.29, 1.82) is 5.41 Å². The molecule has 3 aromatic rings. The Labute approximate surface area is 181 Å². The Balaban J connectivity index is 1.71. The molecule has 1 aromatic carbocycles. The summed E-state index contributed by atoms with van der Waals surface area (Å²) in [5.41, 5.74) is 2.09. The Morgan fingerprint density at radius 3 is 2.68 bits per heavy atom. The van der Waals surface area contributed by atoms with Gasteiger partial charge in [0, 0.05) is 30.4 Å². The van der Waals surface area contributed by atoms with Gasteiger partial charge in [-0.15, -0.1) is 0 Å². The highest BCUT2D eigenvalue weighted by molar-refractivity contribution is 6.02. The Kier molecular flexibility index (Phi) is 6.33. The number of amides is 1. The zero-order valence-electron chi connectivity index (χ0n) is 18.3. The van der Waals surface area contributed by atoms with E-state index in [1.807, 2.05) is 52.0 Å². The lowest BCUT2D eigenvalue weighted by Crippen LogP contribution is -2.14. The number of hydrogen-bond acceptors (Lipinski definition) is 8. The van der Waals surface area contributed by atoms with Crippen molar-refractivity contribution in [3.63, 3.8) is 0 Å². The van der Waals surface area contributed by atoms with E-state index in [0.717, 1.165) is 11.8 Å². The number of hydrogen-bond donors (Lipinski definition) is 4. The van der Waals surface area contributed by atoms with Crippen LogP contribution in [0.4, 0.5) is 17.3 Å². The Bertz CT molecular complexity index is 1090. The molecule has 0 aliphatic carbocycles. The molecule has 4 N–H and O–H groups in total. The molecule has 9 heteroatoms. The van der Waals surface area contributed by atoms with Gasteiger partial charge in [-0.3, -0.25) is 4.79 Å². The predicted molar refractivity (Wildman–Crippen MR) is 121 cm³/mol. The van der Waals surface area contributed by atoms with Crippen molar-refractivity contribution < 1.29 is 9.32 Å². The van der Waals surface area contributed by atoms with Gasteiger partial charge < -0.3 is 25.9 Å². The number of benzene rings is 1. The summed E-state index contributed by atoms with van der Waals surface area (Å²) in [5, 5.41) is 20.3. The van der Waals surface area contributed by atoms with E-state index in [9.17, 15) is 4.79 Å². The fourth-order valence-electron chi connectivity index (χ4n) is 2.88. The minimum atomic E-state index is -0.330. The molecule has 0 saturated heterocycles. The van der Waals surface area contributed by atoms with E-state index in [2.05, 4.69) is 31.1 Å². The molecule has 31 heavy (non-hydrogen) atoms. The summed E-state index contributed by atoms with van der Waals surface area (Å²) in [7, 11) is 1.73. The fraction of sp³-hybridized carbons (Fsp3) is 0.318. The lowest BCUT2D eigenvalue weighted by molar-refractivity contribution is 0.101. The number of carbonyl (C=O) groups excluding carboxylic acids is 1. The first-order valence-corrected chi connectivity index (χ1v) is 9.91. The molecule has 2 aromatic heterocycles. The molecule has 9 nitrogen and oxygen atoms in total. The van der Waals surface area contributed by atoms with Crippen LogP contribution in [0.15, 0.2) is 41.1 Å². The normalized spacial score (nSPS) is 12.2. The molecular weight excluding hydrogens is 394 g/mol. The molecule has 0 bridgehead atoms. The topological polar surface area (TPSA) is 129 Å². The highest BCUT2D eigenvalue weighted by Crippen LogP contribution is 2.24. The van der Waals surface area contributed by atoms with Crippen molar-refractivity contribution in [3.05, 3.63) is 59.2 Å². The molecule has 1 atom stereocenters. The SMILES string of the molecule is CNc1nc(N[C@@H](C)c2cccc(NC(=O)c3cc(C(C)(C)C)on3)c2)cnc1C=N. The van der Waals surface area contributed by atoms with Crippen LogP contribution in [0.2, 0.25) is 0 Å². The van der Waals surface area contributed by atoms with Crippen LogP contribution in [0.25, 0.3) is 0 Å². The van der Waals surface area contributed by atoms with Gasteiger partial charge in [0.15, 0.2) is 11.5 Å². The molecule has 0 unspecified atom stereocenters. The first-order valence-electron chi connectivity index (χ1n) is 9.91. The molecule has 0 aliphatic heterocycles. The maximum absolute atomic E-state index is 12.6. The summed E-state index contributed by atoms with van der Waals surface area (Å²) in [6.45, 7) is 7.97. The van der Waals surface area contributed by atoms with Crippen LogP contribution in [0.5, 0.6) is 0 Å². The van der Waals surface area contributed by atoms with Crippen molar-refractivity contribution in [3.8, 4) is 0 Å². The van der Waals surface area contributed by atoms with E-state index in [-0.39, 0.29) is 23.1 Å². The highest BCUT2D eigenvalue weighted by atomic mass is 16.5. The van der Waals surface area contributed by atoms with E-state index in [0.29, 0.717) is 28.8 Å². The second-order valence-corrected chi connectivity index (χ2v) is 8.16. The molecule has 0 aliphatic rings. The molecule has 162 valence electrons. The van der Waals surface area contributed by atoms with Gasteiger partial charge in [-0.25, -0.2) is 9.97 Å². The first kappa shape index (κ1) is 21.9. The van der Waals surface area contributed by atoms with Crippen LogP contribution in [0.3, 0.4) is 0 Å². The lowest BCUT2D eigenvalue weighted by Gasteiger charge is -2.17. The first-order chi connectivity index (χ1) is 14.7. The third kappa shape index (κ3) is 5.25.